The number of fused-ring (bicyclic) bond motifs is 1. The van der Waals surface area contributed by atoms with Gasteiger partial charge < -0.3 is 15.2 Å². The second-order valence-corrected chi connectivity index (χ2v) is 8.93. The number of hydrogen-bond acceptors (Lipinski definition) is 5. The van der Waals surface area contributed by atoms with Crippen molar-refractivity contribution in [3.8, 4) is 0 Å². The van der Waals surface area contributed by atoms with Crippen LogP contribution < -0.4 is 10.9 Å². The van der Waals surface area contributed by atoms with Crippen LogP contribution in [0.5, 0.6) is 0 Å². The molecule has 0 unspecified atom stereocenters. The zero-order valence-corrected chi connectivity index (χ0v) is 18.2. The maximum absolute atomic E-state index is 12.8. The van der Waals surface area contributed by atoms with E-state index < -0.39 is 0 Å². The summed E-state index contributed by atoms with van der Waals surface area (Å²) >= 11 is 0. The Labute approximate surface area is 186 Å². The summed E-state index contributed by atoms with van der Waals surface area (Å²) in [5.41, 5.74) is 1.50. The van der Waals surface area contributed by atoms with Crippen molar-refractivity contribution in [2.24, 2.45) is 0 Å². The molecule has 1 saturated carbocycles. The van der Waals surface area contributed by atoms with Crippen LogP contribution in [0, 0.1) is 0 Å². The number of carbonyl (C=O) groups excluding carboxylic acids is 1. The molecule has 0 spiro atoms. The Hall–Kier alpha value is -3.23. The van der Waals surface area contributed by atoms with Gasteiger partial charge in [-0.3, -0.25) is 4.79 Å². The van der Waals surface area contributed by atoms with E-state index in [4.69, 9.17) is 4.98 Å². The van der Waals surface area contributed by atoms with Gasteiger partial charge in [0.25, 0.3) is 5.56 Å². The molecule has 9 nitrogen and oxygen atoms in total. The minimum atomic E-state index is -0.284. The average Bonchev–Trinajstić information content (AvgIpc) is 3.23. The van der Waals surface area contributed by atoms with Gasteiger partial charge >= 0.3 is 6.03 Å². The summed E-state index contributed by atoms with van der Waals surface area (Å²) in [6.45, 7) is 1.77. The average molecular weight is 436 g/mol. The SMILES string of the molecule is O=C(NC1CCCCC1)N1CCC[C@@H](c2nc3c(nnn3Cc3ccccc3)c(=O)[nH]2)C1. The molecule has 0 bridgehead atoms. The van der Waals surface area contributed by atoms with Crippen LogP contribution in [0.3, 0.4) is 0 Å². The number of urea groups is 1. The summed E-state index contributed by atoms with van der Waals surface area (Å²) in [5.74, 6) is 0.590. The number of rotatable bonds is 4. The van der Waals surface area contributed by atoms with Crippen LogP contribution in [-0.2, 0) is 6.54 Å². The molecule has 1 aromatic carbocycles. The predicted molar refractivity (Wildman–Crippen MR) is 120 cm³/mol. The van der Waals surface area contributed by atoms with Crippen LogP contribution in [0.4, 0.5) is 4.79 Å². The van der Waals surface area contributed by atoms with Gasteiger partial charge in [0, 0.05) is 25.0 Å². The summed E-state index contributed by atoms with van der Waals surface area (Å²) in [5, 5.41) is 11.4. The normalized spacial score (nSPS) is 19.9. The molecule has 0 radical (unpaired) electrons. The second-order valence-electron chi connectivity index (χ2n) is 8.93. The van der Waals surface area contributed by atoms with Gasteiger partial charge in [0.15, 0.2) is 11.2 Å². The molecule has 2 amide bonds. The molecule has 1 aliphatic carbocycles. The minimum Gasteiger partial charge on any atom is -0.335 e. The lowest BCUT2D eigenvalue weighted by molar-refractivity contribution is 0.171. The lowest BCUT2D eigenvalue weighted by Crippen LogP contribution is -2.48. The molecular weight excluding hydrogens is 406 g/mol. The summed E-state index contributed by atoms with van der Waals surface area (Å²) in [6, 6.07) is 10.2. The van der Waals surface area contributed by atoms with Crippen LogP contribution >= 0.6 is 0 Å². The van der Waals surface area contributed by atoms with E-state index in [1.807, 2.05) is 35.2 Å². The highest BCUT2D eigenvalue weighted by Gasteiger charge is 2.28. The third-order valence-electron chi connectivity index (χ3n) is 6.60. The minimum absolute atomic E-state index is 0.000751. The van der Waals surface area contributed by atoms with Crippen molar-refractivity contribution in [1.82, 2.24) is 35.2 Å². The molecule has 1 aliphatic heterocycles. The zero-order valence-electron chi connectivity index (χ0n) is 18.2. The van der Waals surface area contributed by atoms with Gasteiger partial charge in [0.1, 0.15) is 5.82 Å². The van der Waals surface area contributed by atoms with E-state index in [0.717, 1.165) is 37.8 Å². The van der Waals surface area contributed by atoms with Crippen LogP contribution in [-0.4, -0.2) is 55.0 Å². The molecule has 2 fully saturated rings. The molecule has 32 heavy (non-hydrogen) atoms. The Morgan fingerprint density at radius 2 is 1.91 bits per heavy atom. The van der Waals surface area contributed by atoms with E-state index in [9.17, 15) is 9.59 Å². The van der Waals surface area contributed by atoms with Crippen molar-refractivity contribution in [2.75, 3.05) is 13.1 Å². The predicted octanol–water partition coefficient (Wildman–Crippen LogP) is 2.78. The van der Waals surface area contributed by atoms with Gasteiger partial charge in [0.05, 0.1) is 6.54 Å². The number of aromatic nitrogens is 5. The van der Waals surface area contributed by atoms with Crippen molar-refractivity contribution in [1.29, 1.82) is 0 Å². The number of amides is 2. The van der Waals surface area contributed by atoms with Gasteiger partial charge in [-0.25, -0.2) is 14.5 Å². The molecule has 3 heterocycles. The first-order valence-corrected chi connectivity index (χ1v) is 11.6. The molecule has 2 aliphatic rings. The number of likely N-dealkylation sites (tertiary alicyclic amines) is 1. The Morgan fingerprint density at radius 3 is 2.72 bits per heavy atom. The molecule has 9 heteroatoms. The summed E-state index contributed by atoms with van der Waals surface area (Å²) in [7, 11) is 0. The molecule has 1 atom stereocenters. The Balaban J connectivity index is 1.34. The van der Waals surface area contributed by atoms with Crippen molar-refractivity contribution < 1.29 is 4.79 Å². The highest BCUT2D eigenvalue weighted by molar-refractivity contribution is 5.74. The first-order chi connectivity index (χ1) is 15.7. The summed E-state index contributed by atoms with van der Waals surface area (Å²) in [4.78, 5) is 35.0. The van der Waals surface area contributed by atoms with Crippen LogP contribution in [0.1, 0.15) is 62.3 Å². The first kappa shape index (κ1) is 20.7. The molecule has 2 aromatic heterocycles. The highest BCUT2D eigenvalue weighted by Crippen LogP contribution is 2.25. The standard InChI is InChI=1S/C23H29N7O2/c31-22-19-21(30(28-27-19)14-16-8-3-1-4-9-16)25-20(26-22)17-10-7-13-29(15-17)23(32)24-18-11-5-2-6-12-18/h1,3-4,8-9,17-18H,2,5-7,10-15H2,(H,24,32)(H,25,26,31)/t17-/m1/s1. The van der Waals surface area contributed by atoms with Gasteiger partial charge in [0.2, 0.25) is 0 Å². The highest BCUT2D eigenvalue weighted by atomic mass is 16.2. The third-order valence-corrected chi connectivity index (χ3v) is 6.60. The third kappa shape index (κ3) is 4.37. The molecule has 5 rings (SSSR count). The molecule has 2 N–H and O–H groups in total. The Morgan fingerprint density at radius 1 is 1.09 bits per heavy atom. The van der Waals surface area contributed by atoms with Crippen LogP contribution in [0.15, 0.2) is 35.1 Å². The number of nitrogens with zero attached hydrogens (tertiary/aromatic N) is 5. The fraction of sp³-hybridized carbons (Fsp3) is 0.522. The number of aromatic amines is 1. The maximum Gasteiger partial charge on any atom is 0.317 e. The van der Waals surface area contributed by atoms with Crippen molar-refractivity contribution in [2.45, 2.75) is 63.5 Å². The lowest BCUT2D eigenvalue weighted by Gasteiger charge is -2.34. The summed E-state index contributed by atoms with van der Waals surface area (Å²) < 4.78 is 1.67. The van der Waals surface area contributed by atoms with Crippen LogP contribution in [0.2, 0.25) is 0 Å². The number of H-pyrrole nitrogens is 1. The van der Waals surface area contributed by atoms with Gasteiger partial charge in [-0.1, -0.05) is 54.8 Å². The van der Waals surface area contributed by atoms with Crippen molar-refractivity contribution in [3.63, 3.8) is 0 Å². The van der Waals surface area contributed by atoms with E-state index in [-0.39, 0.29) is 29.1 Å². The fourth-order valence-corrected chi connectivity index (χ4v) is 4.84. The number of piperidine rings is 1. The number of carbonyl (C=O) groups is 1. The quantitative estimate of drug-likeness (QED) is 0.655. The Kier molecular flexibility index (Phi) is 5.87. The molecule has 3 aromatic rings. The van der Waals surface area contributed by atoms with E-state index in [2.05, 4.69) is 20.6 Å². The number of benzene rings is 1. The molecular formula is C23H29N7O2. The smallest absolute Gasteiger partial charge is 0.317 e. The van der Waals surface area contributed by atoms with Crippen molar-refractivity contribution >= 4 is 17.2 Å². The molecule has 1 saturated heterocycles. The zero-order chi connectivity index (χ0) is 21.9. The fourth-order valence-electron chi connectivity index (χ4n) is 4.84. The van der Waals surface area contributed by atoms with Crippen LogP contribution in [0.25, 0.3) is 11.2 Å². The van der Waals surface area contributed by atoms with Crippen molar-refractivity contribution in [3.05, 3.63) is 52.1 Å². The number of nitrogens with one attached hydrogen (secondary N) is 2. The monoisotopic (exact) mass is 435 g/mol. The maximum atomic E-state index is 12.8. The topological polar surface area (TPSA) is 109 Å². The molecule has 168 valence electrons. The largest absolute Gasteiger partial charge is 0.335 e. The van der Waals surface area contributed by atoms with E-state index in [1.54, 1.807) is 4.68 Å². The second kappa shape index (κ2) is 9.10. The lowest BCUT2D eigenvalue weighted by atomic mass is 9.95. The summed E-state index contributed by atoms with van der Waals surface area (Å²) in [6.07, 6.45) is 7.51. The van der Waals surface area contributed by atoms with E-state index in [1.165, 1.54) is 19.3 Å². The van der Waals surface area contributed by atoms with Gasteiger partial charge in [-0.05, 0) is 31.2 Å². The number of hydrogen-bond donors (Lipinski definition) is 2. The van der Waals surface area contributed by atoms with Gasteiger partial charge in [-0.15, -0.1) is 5.10 Å². The van der Waals surface area contributed by atoms with E-state index >= 15 is 0 Å². The van der Waals surface area contributed by atoms with Gasteiger partial charge in [-0.2, -0.15) is 0 Å². The van der Waals surface area contributed by atoms with E-state index in [0.29, 0.717) is 24.6 Å². The Bertz CT molecular complexity index is 1130. The first-order valence-electron chi connectivity index (χ1n) is 11.6.